The molecule has 4 heteroatoms. The first-order valence-corrected chi connectivity index (χ1v) is 6.55. The Morgan fingerprint density at radius 1 is 1.28 bits per heavy atom. The first kappa shape index (κ1) is 11.4. The highest BCUT2D eigenvalue weighted by molar-refractivity contribution is 5.09. The van der Waals surface area contributed by atoms with Gasteiger partial charge in [0.15, 0.2) is 0 Å². The minimum absolute atomic E-state index is 0.539. The van der Waals surface area contributed by atoms with E-state index in [1.165, 1.54) is 18.7 Å². The molecule has 1 saturated heterocycles. The molecule has 1 aliphatic heterocycles. The lowest BCUT2D eigenvalue weighted by Gasteiger charge is -2.23. The van der Waals surface area contributed by atoms with Gasteiger partial charge in [0.25, 0.3) is 0 Å². The van der Waals surface area contributed by atoms with Crippen molar-refractivity contribution in [3.8, 4) is 0 Å². The van der Waals surface area contributed by atoms with E-state index in [1.54, 1.807) is 0 Å². The van der Waals surface area contributed by atoms with Crippen LogP contribution in [0.5, 0.6) is 0 Å². The molecular weight excluding hydrogens is 224 g/mol. The zero-order valence-electron chi connectivity index (χ0n) is 10.4. The summed E-state index contributed by atoms with van der Waals surface area (Å²) in [5.41, 5.74) is 1.08. The van der Waals surface area contributed by atoms with Crippen LogP contribution in [0.25, 0.3) is 0 Å². The van der Waals surface area contributed by atoms with Crippen molar-refractivity contribution < 1.29 is 0 Å². The van der Waals surface area contributed by atoms with Gasteiger partial charge in [-0.25, -0.2) is 4.98 Å². The molecule has 3 rings (SSSR count). The first-order valence-electron chi connectivity index (χ1n) is 6.55. The van der Waals surface area contributed by atoms with Gasteiger partial charge in [-0.1, -0.05) is 6.07 Å². The largest absolute Gasteiger partial charge is 0.329 e. The number of hydrogen-bond acceptors (Lipinski definition) is 3. The maximum Gasteiger partial charge on any atom is 0.113 e. The Labute approximate surface area is 107 Å². The van der Waals surface area contributed by atoms with Crippen molar-refractivity contribution >= 4 is 0 Å². The summed E-state index contributed by atoms with van der Waals surface area (Å²) in [6, 6.07) is 6.04. The molecule has 1 aliphatic rings. The average Bonchev–Trinajstić information content (AvgIpc) is 2.89. The van der Waals surface area contributed by atoms with Crippen molar-refractivity contribution in [1.82, 2.24) is 19.9 Å². The van der Waals surface area contributed by atoms with Crippen LogP contribution in [0, 0.1) is 0 Å². The van der Waals surface area contributed by atoms with Gasteiger partial charge in [-0.05, 0) is 31.5 Å². The topological polar surface area (TPSA) is 42.7 Å². The van der Waals surface area contributed by atoms with E-state index < -0.39 is 0 Å². The fraction of sp³-hybridized carbons (Fsp3) is 0.429. The Morgan fingerprint density at radius 3 is 3.06 bits per heavy atom. The van der Waals surface area contributed by atoms with Gasteiger partial charge in [-0.3, -0.25) is 4.98 Å². The molecule has 1 atom stereocenters. The summed E-state index contributed by atoms with van der Waals surface area (Å²) in [4.78, 5) is 8.91. The van der Waals surface area contributed by atoms with E-state index in [0.29, 0.717) is 5.92 Å². The van der Waals surface area contributed by atoms with Gasteiger partial charge < -0.3 is 9.88 Å². The summed E-state index contributed by atoms with van der Waals surface area (Å²) < 4.78 is 2.22. The molecule has 0 amide bonds. The Hall–Kier alpha value is -1.68. The van der Waals surface area contributed by atoms with Crippen molar-refractivity contribution in [3.05, 3.63) is 48.3 Å². The van der Waals surface area contributed by atoms with Crippen LogP contribution in [0.2, 0.25) is 0 Å². The first-order chi connectivity index (χ1) is 8.93. The van der Waals surface area contributed by atoms with E-state index in [-0.39, 0.29) is 0 Å². The molecule has 18 heavy (non-hydrogen) atoms. The van der Waals surface area contributed by atoms with Crippen molar-refractivity contribution in [2.75, 3.05) is 13.1 Å². The predicted molar refractivity (Wildman–Crippen MR) is 70.4 cm³/mol. The molecule has 0 aliphatic carbocycles. The quantitative estimate of drug-likeness (QED) is 0.892. The molecule has 0 spiro atoms. The third-order valence-electron chi connectivity index (χ3n) is 3.47. The Morgan fingerprint density at radius 2 is 2.28 bits per heavy atom. The minimum atomic E-state index is 0.539. The molecule has 0 bridgehead atoms. The van der Waals surface area contributed by atoms with Crippen LogP contribution in [0.3, 0.4) is 0 Å². The number of imidazole rings is 1. The summed E-state index contributed by atoms with van der Waals surface area (Å²) in [6.07, 6.45) is 8.26. The lowest BCUT2D eigenvalue weighted by atomic mass is 9.99. The summed E-state index contributed by atoms with van der Waals surface area (Å²) >= 11 is 0. The Bertz CT molecular complexity index is 486. The van der Waals surface area contributed by atoms with Crippen molar-refractivity contribution in [1.29, 1.82) is 0 Å². The third kappa shape index (κ3) is 2.43. The molecule has 4 nitrogen and oxygen atoms in total. The highest BCUT2D eigenvalue weighted by Gasteiger charge is 2.19. The van der Waals surface area contributed by atoms with Gasteiger partial charge in [-0.15, -0.1) is 0 Å². The SMILES string of the molecule is c1ccc(Cn2ccnc2C2CCCNC2)nc1. The summed E-state index contributed by atoms with van der Waals surface area (Å²) in [6.45, 7) is 2.99. The normalized spacial score (nSPS) is 19.9. The smallest absolute Gasteiger partial charge is 0.113 e. The molecule has 0 aromatic carbocycles. The van der Waals surface area contributed by atoms with Gasteiger partial charge in [0.05, 0.1) is 12.2 Å². The molecule has 3 heterocycles. The summed E-state index contributed by atoms with van der Waals surface area (Å²) in [5, 5.41) is 3.45. The fourth-order valence-corrected chi connectivity index (χ4v) is 2.55. The van der Waals surface area contributed by atoms with Gasteiger partial charge in [0.2, 0.25) is 0 Å². The van der Waals surface area contributed by atoms with Gasteiger partial charge in [0.1, 0.15) is 5.82 Å². The standard InChI is InChI=1S/C14H18N4/c1-2-7-16-13(5-1)11-18-9-8-17-14(18)12-4-3-6-15-10-12/h1-2,5,7-9,12,15H,3-4,6,10-11H2. The van der Waals surface area contributed by atoms with Crippen molar-refractivity contribution in [2.45, 2.75) is 25.3 Å². The van der Waals surface area contributed by atoms with Crippen LogP contribution in [0.4, 0.5) is 0 Å². The summed E-state index contributed by atoms with van der Waals surface area (Å²) in [5.74, 6) is 1.73. The fourth-order valence-electron chi connectivity index (χ4n) is 2.55. The molecule has 0 radical (unpaired) electrons. The van der Waals surface area contributed by atoms with E-state index in [9.17, 15) is 0 Å². The number of nitrogens with one attached hydrogen (secondary N) is 1. The maximum atomic E-state index is 4.53. The van der Waals surface area contributed by atoms with Crippen LogP contribution in [0.15, 0.2) is 36.8 Å². The molecule has 1 N–H and O–H groups in total. The molecule has 1 unspecified atom stereocenters. The van der Waals surface area contributed by atoms with E-state index in [4.69, 9.17) is 0 Å². The van der Waals surface area contributed by atoms with E-state index in [2.05, 4.69) is 32.1 Å². The van der Waals surface area contributed by atoms with Crippen LogP contribution in [0.1, 0.15) is 30.3 Å². The average molecular weight is 242 g/mol. The third-order valence-corrected chi connectivity index (χ3v) is 3.47. The number of piperidine rings is 1. The number of pyridine rings is 1. The van der Waals surface area contributed by atoms with Crippen LogP contribution < -0.4 is 5.32 Å². The zero-order chi connectivity index (χ0) is 12.2. The van der Waals surface area contributed by atoms with Crippen LogP contribution >= 0.6 is 0 Å². The molecule has 0 saturated carbocycles. The van der Waals surface area contributed by atoms with E-state index in [1.807, 2.05) is 24.5 Å². The Kier molecular flexibility index (Phi) is 3.37. The molecular formula is C14H18N4. The van der Waals surface area contributed by atoms with E-state index in [0.717, 1.165) is 25.3 Å². The zero-order valence-corrected chi connectivity index (χ0v) is 10.4. The van der Waals surface area contributed by atoms with Gasteiger partial charge in [0, 0.05) is 31.1 Å². The van der Waals surface area contributed by atoms with Crippen molar-refractivity contribution in [2.24, 2.45) is 0 Å². The van der Waals surface area contributed by atoms with Gasteiger partial charge >= 0.3 is 0 Å². The lowest BCUT2D eigenvalue weighted by Crippen LogP contribution is -2.30. The second-order valence-corrected chi connectivity index (χ2v) is 4.78. The molecule has 2 aromatic rings. The highest BCUT2D eigenvalue weighted by atomic mass is 15.1. The maximum absolute atomic E-state index is 4.53. The minimum Gasteiger partial charge on any atom is -0.329 e. The number of aromatic nitrogens is 3. The van der Waals surface area contributed by atoms with Crippen LogP contribution in [-0.4, -0.2) is 27.6 Å². The summed E-state index contributed by atoms with van der Waals surface area (Å²) in [7, 11) is 0. The number of rotatable bonds is 3. The number of hydrogen-bond donors (Lipinski definition) is 1. The molecule has 1 fully saturated rings. The number of nitrogens with zero attached hydrogens (tertiary/aromatic N) is 3. The molecule has 2 aromatic heterocycles. The van der Waals surface area contributed by atoms with E-state index >= 15 is 0 Å². The Balaban J connectivity index is 1.78. The predicted octanol–water partition coefficient (Wildman–Crippen LogP) is 1.79. The monoisotopic (exact) mass is 242 g/mol. The van der Waals surface area contributed by atoms with Crippen molar-refractivity contribution in [3.63, 3.8) is 0 Å². The van der Waals surface area contributed by atoms with Gasteiger partial charge in [-0.2, -0.15) is 0 Å². The van der Waals surface area contributed by atoms with Crippen LogP contribution in [-0.2, 0) is 6.54 Å². The second-order valence-electron chi connectivity index (χ2n) is 4.78. The highest BCUT2D eigenvalue weighted by Crippen LogP contribution is 2.22. The lowest BCUT2D eigenvalue weighted by molar-refractivity contribution is 0.435. The second kappa shape index (κ2) is 5.31. The molecule has 94 valence electrons.